The lowest BCUT2D eigenvalue weighted by atomic mass is 10.2. The molecule has 2 aromatic rings. The minimum atomic E-state index is -0.232. The van der Waals surface area contributed by atoms with Gasteiger partial charge in [-0.25, -0.2) is 4.79 Å². The second kappa shape index (κ2) is 8.38. The van der Waals surface area contributed by atoms with Crippen molar-refractivity contribution in [2.75, 3.05) is 43.6 Å². The molecule has 1 atom stereocenters. The van der Waals surface area contributed by atoms with Crippen LogP contribution in [0.3, 0.4) is 0 Å². The van der Waals surface area contributed by atoms with E-state index in [2.05, 4.69) is 15.2 Å². The predicted molar refractivity (Wildman–Crippen MR) is 104 cm³/mol. The Morgan fingerprint density at radius 3 is 2.77 bits per heavy atom. The van der Waals surface area contributed by atoms with E-state index in [-0.39, 0.29) is 12.1 Å². The first-order chi connectivity index (χ1) is 12.6. The molecule has 2 amide bonds. The van der Waals surface area contributed by atoms with Crippen LogP contribution >= 0.6 is 11.6 Å². The molecule has 26 heavy (non-hydrogen) atoms. The molecule has 0 bridgehead atoms. The molecule has 1 aliphatic heterocycles. The van der Waals surface area contributed by atoms with Crippen LogP contribution < -0.4 is 10.2 Å². The molecule has 0 saturated carbocycles. The quantitative estimate of drug-likeness (QED) is 0.884. The van der Waals surface area contributed by atoms with E-state index in [1.165, 1.54) is 0 Å². The molecule has 6 nitrogen and oxygen atoms in total. The molecule has 7 heteroatoms. The molecular weight excluding hydrogens is 352 g/mol. The summed E-state index contributed by atoms with van der Waals surface area (Å²) in [6.45, 7) is 4.99. The van der Waals surface area contributed by atoms with Gasteiger partial charge in [-0.05, 0) is 37.3 Å². The highest BCUT2D eigenvalue weighted by Crippen LogP contribution is 2.29. The Kier molecular flexibility index (Phi) is 5.96. The number of ether oxygens (including phenoxy) is 1. The highest BCUT2D eigenvalue weighted by molar-refractivity contribution is 6.33. The molecule has 2 heterocycles. The van der Waals surface area contributed by atoms with Gasteiger partial charge in [-0.3, -0.25) is 4.98 Å². The number of halogens is 1. The van der Waals surface area contributed by atoms with Crippen molar-refractivity contribution in [3.05, 3.63) is 53.3 Å². The standard InChI is InChI=1S/C19H23ClN4O2/c1-14(17-5-3-4-8-21-17)23(2)19(25)22-18-13-15(6-7-16(18)20)24-9-11-26-12-10-24/h3-8,13-14H,9-12H2,1-2H3,(H,22,25)/t14-/m0/s1. The molecule has 0 aliphatic carbocycles. The van der Waals surface area contributed by atoms with Gasteiger partial charge in [0.05, 0.1) is 35.7 Å². The summed E-state index contributed by atoms with van der Waals surface area (Å²) in [7, 11) is 1.74. The molecule has 1 saturated heterocycles. The fraction of sp³-hybridized carbons (Fsp3) is 0.368. The van der Waals surface area contributed by atoms with Crippen molar-refractivity contribution < 1.29 is 9.53 Å². The molecular formula is C19H23ClN4O2. The van der Waals surface area contributed by atoms with Gasteiger partial charge in [-0.1, -0.05) is 17.7 Å². The molecule has 1 aromatic carbocycles. The second-order valence-electron chi connectivity index (χ2n) is 6.24. The van der Waals surface area contributed by atoms with Gasteiger partial charge in [-0.15, -0.1) is 0 Å². The highest BCUT2D eigenvalue weighted by Gasteiger charge is 2.20. The summed E-state index contributed by atoms with van der Waals surface area (Å²) in [5.41, 5.74) is 2.45. The first-order valence-corrected chi connectivity index (χ1v) is 9.01. The third-order valence-electron chi connectivity index (χ3n) is 4.58. The summed E-state index contributed by atoms with van der Waals surface area (Å²) in [4.78, 5) is 20.8. The van der Waals surface area contributed by atoms with Crippen molar-refractivity contribution in [3.63, 3.8) is 0 Å². The fourth-order valence-electron chi connectivity index (χ4n) is 2.83. The molecule has 1 fully saturated rings. The number of pyridine rings is 1. The minimum Gasteiger partial charge on any atom is -0.378 e. The van der Waals surface area contributed by atoms with E-state index in [0.29, 0.717) is 23.9 Å². The Morgan fingerprint density at radius 2 is 2.08 bits per heavy atom. The third-order valence-corrected chi connectivity index (χ3v) is 4.91. The molecule has 0 unspecified atom stereocenters. The van der Waals surface area contributed by atoms with Crippen LogP contribution in [0, 0.1) is 0 Å². The maximum absolute atomic E-state index is 12.7. The van der Waals surface area contributed by atoms with Crippen molar-refractivity contribution in [1.29, 1.82) is 0 Å². The summed E-state index contributed by atoms with van der Waals surface area (Å²) in [5.74, 6) is 0. The number of aromatic nitrogens is 1. The number of nitrogens with zero attached hydrogens (tertiary/aromatic N) is 3. The summed E-state index contributed by atoms with van der Waals surface area (Å²) in [5, 5.41) is 3.42. The first kappa shape index (κ1) is 18.5. The molecule has 0 radical (unpaired) electrons. The SMILES string of the molecule is C[C@@H](c1ccccn1)N(C)C(=O)Nc1cc(N2CCOCC2)ccc1Cl. The molecule has 138 valence electrons. The van der Waals surface area contributed by atoms with Crippen LogP contribution in [0.2, 0.25) is 5.02 Å². The number of urea groups is 1. The van der Waals surface area contributed by atoms with Crippen LogP contribution in [-0.2, 0) is 4.74 Å². The Balaban J connectivity index is 1.72. The lowest BCUT2D eigenvalue weighted by Gasteiger charge is -2.29. The van der Waals surface area contributed by atoms with Gasteiger partial charge in [-0.2, -0.15) is 0 Å². The van der Waals surface area contributed by atoms with E-state index in [9.17, 15) is 4.79 Å². The number of benzene rings is 1. The van der Waals surface area contributed by atoms with Gasteiger partial charge < -0.3 is 19.9 Å². The maximum Gasteiger partial charge on any atom is 0.322 e. The van der Waals surface area contributed by atoms with Crippen molar-refractivity contribution in [2.24, 2.45) is 0 Å². The number of carbonyl (C=O) groups is 1. The number of morpholine rings is 1. The lowest BCUT2D eigenvalue weighted by Crippen LogP contribution is -2.36. The summed E-state index contributed by atoms with van der Waals surface area (Å²) < 4.78 is 5.39. The zero-order valence-corrected chi connectivity index (χ0v) is 15.7. The predicted octanol–water partition coefficient (Wildman–Crippen LogP) is 3.80. The molecule has 1 aliphatic rings. The Morgan fingerprint density at radius 1 is 1.31 bits per heavy atom. The number of rotatable bonds is 4. The van der Waals surface area contributed by atoms with Crippen molar-refractivity contribution in [2.45, 2.75) is 13.0 Å². The summed E-state index contributed by atoms with van der Waals surface area (Å²) in [6, 6.07) is 11.0. The van der Waals surface area contributed by atoms with Crippen molar-refractivity contribution >= 4 is 29.0 Å². The van der Waals surface area contributed by atoms with Gasteiger partial charge in [0.1, 0.15) is 0 Å². The smallest absolute Gasteiger partial charge is 0.322 e. The molecule has 1 N–H and O–H groups in total. The van der Waals surface area contributed by atoms with E-state index in [1.54, 1.807) is 18.1 Å². The Labute approximate surface area is 158 Å². The molecule has 1 aromatic heterocycles. The van der Waals surface area contributed by atoms with Crippen LogP contribution in [0.1, 0.15) is 18.7 Å². The zero-order valence-electron chi connectivity index (χ0n) is 15.0. The monoisotopic (exact) mass is 374 g/mol. The molecule has 3 rings (SSSR count). The minimum absolute atomic E-state index is 0.155. The van der Waals surface area contributed by atoms with Crippen LogP contribution in [-0.4, -0.2) is 49.3 Å². The van der Waals surface area contributed by atoms with Gasteiger partial charge in [0.2, 0.25) is 0 Å². The fourth-order valence-corrected chi connectivity index (χ4v) is 2.99. The topological polar surface area (TPSA) is 57.7 Å². The maximum atomic E-state index is 12.7. The van der Waals surface area contributed by atoms with Crippen LogP contribution in [0.25, 0.3) is 0 Å². The van der Waals surface area contributed by atoms with Gasteiger partial charge in [0.25, 0.3) is 0 Å². The van der Waals surface area contributed by atoms with E-state index in [4.69, 9.17) is 16.3 Å². The third kappa shape index (κ3) is 4.26. The number of carbonyl (C=O) groups excluding carboxylic acids is 1. The van der Waals surface area contributed by atoms with Gasteiger partial charge in [0.15, 0.2) is 0 Å². The van der Waals surface area contributed by atoms with Crippen molar-refractivity contribution in [3.8, 4) is 0 Å². The largest absolute Gasteiger partial charge is 0.378 e. The first-order valence-electron chi connectivity index (χ1n) is 8.63. The number of hydrogen-bond acceptors (Lipinski definition) is 4. The van der Waals surface area contributed by atoms with E-state index in [0.717, 1.165) is 24.5 Å². The van der Waals surface area contributed by atoms with Crippen LogP contribution in [0.4, 0.5) is 16.2 Å². The van der Waals surface area contributed by atoms with E-state index >= 15 is 0 Å². The van der Waals surface area contributed by atoms with Crippen LogP contribution in [0.5, 0.6) is 0 Å². The van der Waals surface area contributed by atoms with Gasteiger partial charge in [0, 0.05) is 32.0 Å². The average Bonchev–Trinajstić information content (AvgIpc) is 2.69. The zero-order chi connectivity index (χ0) is 18.5. The average molecular weight is 375 g/mol. The van der Waals surface area contributed by atoms with Crippen LogP contribution in [0.15, 0.2) is 42.6 Å². The molecule has 0 spiro atoms. The second-order valence-corrected chi connectivity index (χ2v) is 6.64. The number of amides is 2. The van der Waals surface area contributed by atoms with Gasteiger partial charge >= 0.3 is 6.03 Å². The number of nitrogens with one attached hydrogen (secondary N) is 1. The normalized spacial score (nSPS) is 15.4. The summed E-state index contributed by atoms with van der Waals surface area (Å²) >= 11 is 6.29. The van der Waals surface area contributed by atoms with Crippen molar-refractivity contribution in [1.82, 2.24) is 9.88 Å². The number of hydrogen-bond donors (Lipinski definition) is 1. The highest BCUT2D eigenvalue weighted by atomic mass is 35.5. The Bertz CT molecular complexity index is 750. The number of anilines is 2. The Hall–Kier alpha value is -2.31. The van der Waals surface area contributed by atoms with E-state index in [1.807, 2.05) is 43.3 Å². The lowest BCUT2D eigenvalue weighted by molar-refractivity contribution is 0.122. The summed E-state index contributed by atoms with van der Waals surface area (Å²) in [6.07, 6.45) is 1.72. The van der Waals surface area contributed by atoms with E-state index < -0.39 is 0 Å².